The van der Waals surface area contributed by atoms with E-state index < -0.39 is 11.4 Å². The van der Waals surface area contributed by atoms with E-state index in [4.69, 9.17) is 9.84 Å². The Kier molecular flexibility index (Phi) is 4.21. The second-order valence-electron chi connectivity index (χ2n) is 4.85. The molecule has 24 heavy (non-hydrogen) atoms. The van der Waals surface area contributed by atoms with Gasteiger partial charge in [0.05, 0.1) is 24.5 Å². The van der Waals surface area contributed by atoms with Crippen LogP contribution in [0, 0.1) is 0 Å². The Bertz CT molecular complexity index is 950. The molecular formula is C16H13N3O5. The minimum absolute atomic E-state index is 0.0954. The highest BCUT2D eigenvalue weighted by atomic mass is 16.5. The van der Waals surface area contributed by atoms with Gasteiger partial charge in [-0.1, -0.05) is 12.1 Å². The molecule has 0 aliphatic rings. The Morgan fingerprint density at radius 1 is 1.21 bits per heavy atom. The molecule has 0 saturated carbocycles. The average Bonchev–Trinajstić information content (AvgIpc) is 2.61. The number of carboxylic acid groups (broad SMARTS) is 1. The number of para-hydroxylation sites is 1. The van der Waals surface area contributed by atoms with Crippen LogP contribution in [-0.4, -0.2) is 43.9 Å². The monoisotopic (exact) mass is 327 g/mol. The fourth-order valence-corrected chi connectivity index (χ4v) is 2.28. The minimum Gasteiger partial charge on any atom is -0.477 e. The highest BCUT2D eigenvalue weighted by Crippen LogP contribution is 2.17. The number of benzene rings is 1. The van der Waals surface area contributed by atoms with Crippen LogP contribution in [0.1, 0.15) is 10.4 Å². The number of aromatic nitrogens is 3. The van der Waals surface area contributed by atoms with Crippen LogP contribution in [0.15, 0.2) is 47.7 Å². The van der Waals surface area contributed by atoms with E-state index in [-0.39, 0.29) is 30.0 Å². The lowest BCUT2D eigenvalue weighted by molar-refractivity contribution is 0.0695. The molecule has 0 atom stereocenters. The van der Waals surface area contributed by atoms with E-state index in [2.05, 4.69) is 9.97 Å². The van der Waals surface area contributed by atoms with Crippen LogP contribution >= 0.6 is 0 Å². The predicted octanol–water partition coefficient (Wildman–Crippen LogP) is 0.850. The first-order chi connectivity index (χ1) is 11.6. The zero-order valence-corrected chi connectivity index (χ0v) is 12.4. The number of ether oxygens (including phenoxy) is 1. The Labute approximate surface area is 135 Å². The molecule has 8 nitrogen and oxygen atoms in total. The topological polar surface area (TPSA) is 115 Å². The fourth-order valence-electron chi connectivity index (χ4n) is 2.28. The lowest BCUT2D eigenvalue weighted by Crippen LogP contribution is -2.18. The molecule has 0 unspecified atom stereocenters. The van der Waals surface area contributed by atoms with Crippen molar-refractivity contribution in [2.75, 3.05) is 13.2 Å². The van der Waals surface area contributed by atoms with Crippen molar-refractivity contribution in [3.63, 3.8) is 0 Å². The van der Waals surface area contributed by atoms with E-state index in [1.54, 1.807) is 24.3 Å². The van der Waals surface area contributed by atoms with Crippen molar-refractivity contribution in [2.24, 2.45) is 0 Å². The molecule has 3 rings (SSSR count). The first kappa shape index (κ1) is 15.6. The number of carboxylic acids is 1. The van der Waals surface area contributed by atoms with Crippen molar-refractivity contribution < 1.29 is 19.7 Å². The SMILES string of the molecule is O=C(O)c1cn(-c2cnc(OCCO)cn2)c2ccccc2c1=O. The van der Waals surface area contributed by atoms with Gasteiger partial charge in [-0.25, -0.2) is 14.8 Å². The Morgan fingerprint density at radius 3 is 2.67 bits per heavy atom. The standard InChI is InChI=1S/C16H13N3O5/c20-5-6-24-14-8-17-13(7-18-14)19-9-11(16(22)23)15(21)10-3-1-2-4-12(10)19/h1-4,7-9,20H,5-6H2,(H,22,23). The van der Waals surface area contributed by atoms with Crippen LogP contribution < -0.4 is 10.2 Å². The molecule has 0 radical (unpaired) electrons. The maximum atomic E-state index is 12.3. The third-order valence-corrected chi connectivity index (χ3v) is 3.34. The van der Waals surface area contributed by atoms with Gasteiger partial charge in [-0.3, -0.25) is 9.36 Å². The summed E-state index contributed by atoms with van der Waals surface area (Å²) >= 11 is 0. The first-order valence-electron chi connectivity index (χ1n) is 7.05. The first-order valence-corrected chi connectivity index (χ1v) is 7.05. The molecule has 2 aromatic heterocycles. The highest BCUT2D eigenvalue weighted by Gasteiger charge is 2.15. The van der Waals surface area contributed by atoms with Crippen LogP contribution in [0.25, 0.3) is 16.7 Å². The Morgan fingerprint density at radius 2 is 2.00 bits per heavy atom. The van der Waals surface area contributed by atoms with Crippen molar-refractivity contribution in [1.29, 1.82) is 0 Å². The molecule has 0 fully saturated rings. The van der Waals surface area contributed by atoms with Gasteiger partial charge >= 0.3 is 5.97 Å². The van der Waals surface area contributed by atoms with Crippen molar-refractivity contribution in [3.05, 3.63) is 58.6 Å². The van der Waals surface area contributed by atoms with Crippen molar-refractivity contribution >= 4 is 16.9 Å². The second kappa shape index (κ2) is 6.47. The normalized spacial score (nSPS) is 10.7. The number of hydrogen-bond acceptors (Lipinski definition) is 6. The second-order valence-corrected chi connectivity index (χ2v) is 4.85. The molecule has 0 spiro atoms. The van der Waals surface area contributed by atoms with Crippen LogP contribution in [0.3, 0.4) is 0 Å². The lowest BCUT2D eigenvalue weighted by Gasteiger charge is -2.11. The molecule has 0 aliphatic carbocycles. The van der Waals surface area contributed by atoms with Gasteiger partial charge < -0.3 is 14.9 Å². The van der Waals surface area contributed by atoms with Crippen molar-refractivity contribution in [2.45, 2.75) is 0 Å². The molecule has 1 aromatic carbocycles. The van der Waals surface area contributed by atoms with E-state index in [9.17, 15) is 14.7 Å². The number of hydrogen-bond donors (Lipinski definition) is 2. The average molecular weight is 327 g/mol. The number of aliphatic hydroxyl groups is 1. The molecule has 2 N–H and O–H groups in total. The Hall–Kier alpha value is -3.26. The summed E-state index contributed by atoms with van der Waals surface area (Å²) in [5, 5.41) is 18.2. The van der Waals surface area contributed by atoms with Gasteiger partial charge in [-0.2, -0.15) is 0 Å². The number of rotatable bonds is 5. The maximum Gasteiger partial charge on any atom is 0.341 e. The number of pyridine rings is 1. The lowest BCUT2D eigenvalue weighted by atomic mass is 10.1. The number of aromatic carboxylic acids is 1. The zero-order chi connectivity index (χ0) is 17.1. The van der Waals surface area contributed by atoms with E-state index in [0.29, 0.717) is 11.3 Å². The summed E-state index contributed by atoms with van der Waals surface area (Å²) in [5.41, 5.74) is -0.382. The third kappa shape index (κ3) is 2.82. The zero-order valence-electron chi connectivity index (χ0n) is 12.4. The smallest absolute Gasteiger partial charge is 0.341 e. The van der Waals surface area contributed by atoms with E-state index in [1.165, 1.54) is 23.2 Å². The van der Waals surface area contributed by atoms with Crippen LogP contribution in [-0.2, 0) is 0 Å². The molecule has 0 bridgehead atoms. The molecular weight excluding hydrogens is 314 g/mol. The molecule has 0 amide bonds. The quantitative estimate of drug-likeness (QED) is 0.714. The molecule has 2 heterocycles. The van der Waals surface area contributed by atoms with Crippen LogP contribution in [0.5, 0.6) is 5.88 Å². The van der Waals surface area contributed by atoms with Gasteiger partial charge in [0.25, 0.3) is 0 Å². The van der Waals surface area contributed by atoms with Gasteiger partial charge in [0.2, 0.25) is 11.3 Å². The fraction of sp³-hybridized carbons (Fsp3) is 0.125. The summed E-state index contributed by atoms with van der Waals surface area (Å²) in [6.07, 6.45) is 3.98. The Balaban J connectivity index is 2.16. The molecule has 122 valence electrons. The largest absolute Gasteiger partial charge is 0.477 e. The van der Waals surface area contributed by atoms with E-state index in [1.807, 2.05) is 0 Å². The third-order valence-electron chi connectivity index (χ3n) is 3.34. The maximum absolute atomic E-state index is 12.3. The summed E-state index contributed by atoms with van der Waals surface area (Å²) in [4.78, 5) is 31.8. The summed E-state index contributed by atoms with van der Waals surface area (Å²) in [6.45, 7) is -0.0477. The van der Waals surface area contributed by atoms with Crippen LogP contribution in [0.4, 0.5) is 0 Å². The molecule has 3 aromatic rings. The van der Waals surface area contributed by atoms with E-state index in [0.717, 1.165) is 0 Å². The summed E-state index contributed by atoms with van der Waals surface area (Å²) in [7, 11) is 0. The van der Waals surface area contributed by atoms with Crippen LogP contribution in [0.2, 0.25) is 0 Å². The number of nitrogens with zero attached hydrogens (tertiary/aromatic N) is 3. The van der Waals surface area contributed by atoms with E-state index >= 15 is 0 Å². The number of carbonyl (C=O) groups is 1. The minimum atomic E-state index is -1.31. The highest BCUT2D eigenvalue weighted by molar-refractivity contribution is 5.93. The van der Waals surface area contributed by atoms with Gasteiger partial charge in [0.1, 0.15) is 12.2 Å². The van der Waals surface area contributed by atoms with Gasteiger partial charge in [0, 0.05) is 11.6 Å². The number of aliphatic hydroxyl groups excluding tert-OH is 1. The van der Waals surface area contributed by atoms with Gasteiger partial charge in [-0.05, 0) is 12.1 Å². The molecule has 8 heteroatoms. The van der Waals surface area contributed by atoms with Gasteiger partial charge in [0.15, 0.2) is 5.82 Å². The van der Waals surface area contributed by atoms with Gasteiger partial charge in [-0.15, -0.1) is 0 Å². The predicted molar refractivity (Wildman–Crippen MR) is 84.7 cm³/mol. The van der Waals surface area contributed by atoms with Crippen molar-refractivity contribution in [1.82, 2.24) is 14.5 Å². The number of fused-ring (bicyclic) bond motifs is 1. The molecule has 0 aliphatic heterocycles. The summed E-state index contributed by atoms with van der Waals surface area (Å²) in [5.74, 6) is -0.739. The van der Waals surface area contributed by atoms with Crippen molar-refractivity contribution in [3.8, 4) is 11.7 Å². The summed E-state index contributed by atoms with van der Waals surface area (Å²) < 4.78 is 6.63. The summed E-state index contributed by atoms with van der Waals surface area (Å²) in [6, 6.07) is 6.66. The molecule has 0 saturated heterocycles.